The number of fused-ring (bicyclic) bond motifs is 5. The molecule has 0 spiro atoms. The van der Waals surface area contributed by atoms with Crippen LogP contribution in [-0.2, 0) is 4.79 Å². The van der Waals surface area contributed by atoms with E-state index in [4.69, 9.17) is 0 Å². The van der Waals surface area contributed by atoms with E-state index in [0.717, 1.165) is 38.5 Å². The molecule has 190 valence electrons. The summed E-state index contributed by atoms with van der Waals surface area (Å²) in [5.41, 5.74) is -0.380. The Labute approximate surface area is 198 Å². The van der Waals surface area contributed by atoms with Gasteiger partial charge in [0.05, 0.1) is 24.2 Å². The third-order valence-corrected chi connectivity index (χ3v) is 11.4. The zero-order chi connectivity index (χ0) is 24.3. The Hall–Kier alpha value is -0.720. The van der Waals surface area contributed by atoms with Crippen LogP contribution in [0.2, 0.25) is 0 Å². The summed E-state index contributed by atoms with van der Waals surface area (Å²) in [4.78, 5) is 11.5. The number of carbonyl (C=O) groups is 1. The summed E-state index contributed by atoms with van der Waals surface area (Å²) in [6.07, 6.45) is 4.88. The maximum absolute atomic E-state index is 13.4. The molecule has 4 N–H and O–H groups in total. The summed E-state index contributed by atoms with van der Waals surface area (Å²) in [6.45, 7) is 7.82. The van der Waals surface area contributed by atoms with Crippen molar-refractivity contribution in [2.24, 2.45) is 58.2 Å². The average molecular weight is 469 g/mol. The van der Waals surface area contributed by atoms with Gasteiger partial charge in [0.25, 0.3) is 0 Å². The first kappa shape index (κ1) is 25.4. The molecule has 6 heteroatoms. The van der Waals surface area contributed by atoms with Crippen molar-refractivity contribution in [2.45, 2.75) is 97.4 Å². The molecule has 0 saturated heterocycles. The second-order valence-corrected chi connectivity index (χ2v) is 12.6. The molecule has 5 unspecified atom stereocenters. The maximum Gasteiger partial charge on any atom is 0.309 e. The van der Waals surface area contributed by atoms with Gasteiger partial charge in [-0.15, -0.1) is 0 Å². The summed E-state index contributed by atoms with van der Waals surface area (Å²) in [6, 6.07) is 0. The molecule has 4 rings (SSSR count). The Balaban J connectivity index is 1.65. The second-order valence-electron chi connectivity index (χ2n) is 12.6. The molecule has 0 bridgehead atoms. The molecule has 4 aliphatic carbocycles. The van der Waals surface area contributed by atoms with Gasteiger partial charge in [0.2, 0.25) is 0 Å². The van der Waals surface area contributed by atoms with Gasteiger partial charge in [0.1, 0.15) is 6.67 Å². The molecule has 0 heterocycles. The van der Waals surface area contributed by atoms with Crippen molar-refractivity contribution in [1.29, 1.82) is 0 Å². The molecule has 13 atom stereocenters. The van der Waals surface area contributed by atoms with Gasteiger partial charge in [-0.2, -0.15) is 0 Å². The molecule has 0 aromatic heterocycles. The number of carboxylic acid groups (broad SMARTS) is 1. The molecule has 0 aromatic rings. The number of rotatable bonds is 6. The minimum atomic E-state index is -1.08. The molecular formula is C27H45FO5. The molecule has 4 aliphatic rings. The first-order valence-electron chi connectivity index (χ1n) is 13.3. The minimum Gasteiger partial charge on any atom is -0.481 e. The van der Waals surface area contributed by atoms with Crippen LogP contribution in [0.1, 0.15) is 79.1 Å². The van der Waals surface area contributed by atoms with Crippen molar-refractivity contribution in [2.75, 3.05) is 6.67 Å². The van der Waals surface area contributed by atoms with Crippen molar-refractivity contribution in [3.05, 3.63) is 0 Å². The lowest BCUT2D eigenvalue weighted by atomic mass is 9.41. The van der Waals surface area contributed by atoms with E-state index in [2.05, 4.69) is 20.8 Å². The largest absolute Gasteiger partial charge is 0.481 e. The molecule has 0 radical (unpaired) electrons. The normalized spacial score (nSPS) is 51.2. The van der Waals surface area contributed by atoms with Crippen LogP contribution in [0.5, 0.6) is 0 Å². The third kappa shape index (κ3) is 3.78. The van der Waals surface area contributed by atoms with Crippen LogP contribution in [-0.4, -0.2) is 51.4 Å². The van der Waals surface area contributed by atoms with E-state index in [1.54, 1.807) is 0 Å². The molecule has 33 heavy (non-hydrogen) atoms. The topological polar surface area (TPSA) is 98.0 Å². The Bertz CT molecular complexity index is 731. The van der Waals surface area contributed by atoms with Crippen LogP contribution in [0.3, 0.4) is 0 Å². The Morgan fingerprint density at radius 3 is 2.36 bits per heavy atom. The van der Waals surface area contributed by atoms with Crippen LogP contribution in [0.15, 0.2) is 0 Å². The standard InChI is InChI=1S/C27H45FO5/c1-5-17-20-11-16(29)8-9-26(20,3)21-12-22(30)27(4)18(6-7-19(27)23(21)24(17)31)14(2)10-15(13-28)25(32)33/h14-24,29-31H,5-13H2,1-4H3,(H,32,33)/t14-,15?,16-,17-,18-,19?,20+,21?,22+,23?,24?,26+,27-/m1/s1. The van der Waals surface area contributed by atoms with Gasteiger partial charge in [-0.1, -0.05) is 34.1 Å². The third-order valence-electron chi connectivity index (χ3n) is 11.4. The van der Waals surface area contributed by atoms with E-state index < -0.39 is 36.2 Å². The van der Waals surface area contributed by atoms with Crippen LogP contribution in [0.25, 0.3) is 0 Å². The van der Waals surface area contributed by atoms with Crippen molar-refractivity contribution in [3.63, 3.8) is 0 Å². The number of alkyl halides is 1. The SMILES string of the molecule is CC[C@H]1C(O)C2C3CC[C@H]([C@H](C)CC(CF)C(=O)O)[C@@]3(C)[C@@H](O)CC2[C@@]2(C)CC[C@@H](O)C[C@@H]12. The fourth-order valence-corrected chi connectivity index (χ4v) is 9.73. The number of carboxylic acids is 1. The van der Waals surface area contributed by atoms with Crippen LogP contribution in [0.4, 0.5) is 4.39 Å². The van der Waals surface area contributed by atoms with Gasteiger partial charge in [-0.25, -0.2) is 0 Å². The highest BCUT2D eigenvalue weighted by Gasteiger charge is 2.67. The van der Waals surface area contributed by atoms with Gasteiger partial charge in [-0.3, -0.25) is 9.18 Å². The lowest BCUT2D eigenvalue weighted by Gasteiger charge is -2.65. The summed E-state index contributed by atoms with van der Waals surface area (Å²) >= 11 is 0. The smallest absolute Gasteiger partial charge is 0.309 e. The molecular weight excluding hydrogens is 423 g/mol. The van der Waals surface area contributed by atoms with Crippen molar-refractivity contribution >= 4 is 5.97 Å². The zero-order valence-corrected chi connectivity index (χ0v) is 20.8. The Kier molecular flexibility index (Phi) is 6.96. The van der Waals surface area contributed by atoms with E-state index in [-0.39, 0.29) is 59.4 Å². The molecule has 0 amide bonds. The summed E-state index contributed by atoms with van der Waals surface area (Å²) in [5, 5.41) is 43.2. The highest BCUT2D eigenvalue weighted by Crippen LogP contribution is 2.69. The van der Waals surface area contributed by atoms with Crippen molar-refractivity contribution < 1.29 is 29.6 Å². The highest BCUT2D eigenvalue weighted by atomic mass is 19.1. The zero-order valence-electron chi connectivity index (χ0n) is 20.8. The van der Waals surface area contributed by atoms with Crippen LogP contribution >= 0.6 is 0 Å². The van der Waals surface area contributed by atoms with Crippen LogP contribution < -0.4 is 0 Å². The second kappa shape index (κ2) is 9.05. The fraction of sp³-hybridized carbons (Fsp3) is 0.963. The number of aliphatic hydroxyl groups is 3. The molecule has 4 saturated carbocycles. The molecule has 5 nitrogen and oxygen atoms in total. The van der Waals surface area contributed by atoms with E-state index in [1.807, 2.05) is 6.92 Å². The predicted molar refractivity (Wildman–Crippen MR) is 124 cm³/mol. The van der Waals surface area contributed by atoms with Crippen LogP contribution in [0, 0.1) is 58.2 Å². The van der Waals surface area contributed by atoms with E-state index in [0.29, 0.717) is 6.42 Å². The number of aliphatic hydroxyl groups excluding tert-OH is 3. The van der Waals surface area contributed by atoms with Crippen molar-refractivity contribution in [3.8, 4) is 0 Å². The summed E-state index contributed by atoms with van der Waals surface area (Å²) < 4.78 is 13.4. The Morgan fingerprint density at radius 1 is 1.06 bits per heavy atom. The van der Waals surface area contributed by atoms with E-state index in [9.17, 15) is 29.6 Å². The quantitative estimate of drug-likeness (QED) is 0.466. The highest BCUT2D eigenvalue weighted by molar-refractivity contribution is 5.70. The molecule has 0 aromatic carbocycles. The van der Waals surface area contributed by atoms with Gasteiger partial charge < -0.3 is 20.4 Å². The lowest BCUT2D eigenvalue weighted by Crippen LogP contribution is -2.65. The lowest BCUT2D eigenvalue weighted by molar-refractivity contribution is -0.228. The number of aliphatic carboxylic acids is 1. The number of hydrogen-bond acceptors (Lipinski definition) is 4. The number of hydrogen-bond donors (Lipinski definition) is 4. The number of halogens is 1. The average Bonchev–Trinajstić information content (AvgIpc) is 3.12. The van der Waals surface area contributed by atoms with E-state index >= 15 is 0 Å². The minimum absolute atomic E-state index is 0.00100. The van der Waals surface area contributed by atoms with Gasteiger partial charge in [0.15, 0.2) is 0 Å². The molecule has 4 fully saturated rings. The van der Waals surface area contributed by atoms with Crippen molar-refractivity contribution in [1.82, 2.24) is 0 Å². The van der Waals surface area contributed by atoms with Gasteiger partial charge in [0, 0.05) is 0 Å². The summed E-state index contributed by atoms with van der Waals surface area (Å²) in [7, 11) is 0. The van der Waals surface area contributed by atoms with E-state index in [1.165, 1.54) is 0 Å². The van der Waals surface area contributed by atoms with Gasteiger partial charge >= 0.3 is 5.97 Å². The van der Waals surface area contributed by atoms with Gasteiger partial charge in [-0.05, 0) is 97.2 Å². The monoisotopic (exact) mass is 468 g/mol. The fourth-order valence-electron chi connectivity index (χ4n) is 9.73. The first-order valence-corrected chi connectivity index (χ1v) is 13.3. The first-order chi connectivity index (χ1) is 15.5. The maximum atomic E-state index is 13.4. The molecule has 0 aliphatic heterocycles. The summed E-state index contributed by atoms with van der Waals surface area (Å²) in [5.74, 6) is -0.991. The Morgan fingerprint density at radius 2 is 1.76 bits per heavy atom. The predicted octanol–water partition coefficient (Wildman–Crippen LogP) is 4.28.